The first-order chi connectivity index (χ1) is 6.83. The third-order valence-corrected chi connectivity index (χ3v) is 2.03. The monoisotopic (exact) mass is 190 g/mol. The molecule has 2 aromatic heterocycles. The molecule has 0 aromatic carbocycles. The summed E-state index contributed by atoms with van der Waals surface area (Å²) in [6, 6.07) is 3.67. The molecule has 2 heterocycles. The standard InChI is InChI=1S/C10H10N2O2/c1-14-7-10(13)12-5-3-8-6-11-4-2-9(8)12/h2-6H,7H2,1H3. The lowest BCUT2D eigenvalue weighted by atomic mass is 10.3. The molecule has 4 nitrogen and oxygen atoms in total. The van der Waals surface area contributed by atoms with Crippen molar-refractivity contribution in [2.75, 3.05) is 13.7 Å². The number of ether oxygens (including phenoxy) is 1. The second-order valence-electron chi connectivity index (χ2n) is 2.95. The van der Waals surface area contributed by atoms with Crippen LogP contribution in [0, 0.1) is 0 Å². The Kier molecular flexibility index (Phi) is 2.28. The summed E-state index contributed by atoms with van der Waals surface area (Å²) < 4.78 is 6.36. The molecule has 0 spiro atoms. The van der Waals surface area contributed by atoms with Gasteiger partial charge in [-0.1, -0.05) is 0 Å². The van der Waals surface area contributed by atoms with Crippen LogP contribution < -0.4 is 0 Å². The van der Waals surface area contributed by atoms with Crippen LogP contribution in [0.5, 0.6) is 0 Å². The molecule has 4 heteroatoms. The Morgan fingerprint density at radius 3 is 3.21 bits per heavy atom. The van der Waals surface area contributed by atoms with Gasteiger partial charge in [-0.2, -0.15) is 0 Å². The van der Waals surface area contributed by atoms with Gasteiger partial charge in [0.05, 0.1) is 5.52 Å². The molecule has 0 aliphatic heterocycles. The number of carbonyl (C=O) groups is 1. The first-order valence-corrected chi connectivity index (χ1v) is 4.26. The van der Waals surface area contributed by atoms with Crippen LogP contribution >= 0.6 is 0 Å². The second kappa shape index (κ2) is 3.59. The van der Waals surface area contributed by atoms with Crippen LogP contribution in [0.1, 0.15) is 4.79 Å². The third kappa shape index (κ3) is 1.40. The Morgan fingerprint density at radius 2 is 2.43 bits per heavy atom. The van der Waals surface area contributed by atoms with Crippen molar-refractivity contribution in [3.63, 3.8) is 0 Å². The fourth-order valence-corrected chi connectivity index (χ4v) is 1.39. The van der Waals surface area contributed by atoms with Crippen LogP contribution in [-0.2, 0) is 4.74 Å². The van der Waals surface area contributed by atoms with Crippen LogP contribution in [-0.4, -0.2) is 29.2 Å². The fourth-order valence-electron chi connectivity index (χ4n) is 1.39. The van der Waals surface area contributed by atoms with Gasteiger partial charge in [-0.05, 0) is 12.1 Å². The maximum Gasteiger partial charge on any atom is 0.257 e. The highest BCUT2D eigenvalue weighted by Gasteiger charge is 2.07. The number of rotatable bonds is 2. The van der Waals surface area contributed by atoms with E-state index in [1.807, 2.05) is 12.1 Å². The van der Waals surface area contributed by atoms with Gasteiger partial charge in [-0.25, -0.2) is 0 Å². The molecule has 0 unspecified atom stereocenters. The van der Waals surface area contributed by atoms with E-state index in [0.717, 1.165) is 10.9 Å². The summed E-state index contributed by atoms with van der Waals surface area (Å²) in [5, 5.41) is 0.956. The van der Waals surface area contributed by atoms with Crippen molar-refractivity contribution in [1.82, 2.24) is 9.55 Å². The Labute approximate surface area is 81.1 Å². The summed E-state index contributed by atoms with van der Waals surface area (Å²) in [5.74, 6) is -0.0753. The van der Waals surface area contributed by atoms with Gasteiger partial charge < -0.3 is 4.74 Å². The number of pyridine rings is 1. The van der Waals surface area contributed by atoms with Gasteiger partial charge in [-0.3, -0.25) is 14.3 Å². The van der Waals surface area contributed by atoms with Crippen molar-refractivity contribution < 1.29 is 9.53 Å². The lowest BCUT2D eigenvalue weighted by molar-refractivity contribution is 0.0767. The molecule has 0 bridgehead atoms. The number of hydrogen-bond donors (Lipinski definition) is 0. The summed E-state index contributed by atoms with van der Waals surface area (Å²) in [6.07, 6.45) is 5.12. The number of hydrogen-bond acceptors (Lipinski definition) is 3. The molecule has 0 saturated carbocycles. The minimum atomic E-state index is -0.0753. The van der Waals surface area contributed by atoms with Crippen molar-refractivity contribution in [2.45, 2.75) is 0 Å². The Balaban J connectivity index is 2.47. The highest BCUT2D eigenvalue weighted by molar-refractivity contribution is 5.92. The summed E-state index contributed by atoms with van der Waals surface area (Å²) in [4.78, 5) is 15.5. The lowest BCUT2D eigenvalue weighted by Crippen LogP contribution is -2.14. The van der Waals surface area contributed by atoms with Crippen LogP contribution in [0.3, 0.4) is 0 Å². The number of aromatic nitrogens is 2. The lowest BCUT2D eigenvalue weighted by Gasteiger charge is -2.01. The van der Waals surface area contributed by atoms with E-state index in [1.165, 1.54) is 7.11 Å². The predicted molar refractivity (Wildman–Crippen MR) is 52.2 cm³/mol. The average molecular weight is 190 g/mol. The average Bonchev–Trinajstić information content (AvgIpc) is 2.61. The van der Waals surface area contributed by atoms with E-state index in [2.05, 4.69) is 4.98 Å². The van der Waals surface area contributed by atoms with Crippen molar-refractivity contribution >= 4 is 16.8 Å². The second-order valence-corrected chi connectivity index (χ2v) is 2.95. The molecule has 14 heavy (non-hydrogen) atoms. The minimum absolute atomic E-state index is 0.0753. The van der Waals surface area contributed by atoms with Crippen molar-refractivity contribution in [1.29, 1.82) is 0 Å². The van der Waals surface area contributed by atoms with E-state index in [0.29, 0.717) is 0 Å². The smallest absolute Gasteiger partial charge is 0.257 e. The van der Waals surface area contributed by atoms with E-state index >= 15 is 0 Å². The topological polar surface area (TPSA) is 44.1 Å². The first-order valence-electron chi connectivity index (χ1n) is 4.26. The quantitative estimate of drug-likeness (QED) is 0.717. The summed E-state index contributed by atoms with van der Waals surface area (Å²) in [7, 11) is 1.51. The van der Waals surface area contributed by atoms with E-state index in [4.69, 9.17) is 4.74 Å². The van der Waals surface area contributed by atoms with E-state index < -0.39 is 0 Å². The third-order valence-electron chi connectivity index (χ3n) is 2.03. The summed E-state index contributed by atoms with van der Waals surface area (Å²) >= 11 is 0. The SMILES string of the molecule is COCC(=O)n1ccc2cnccc21. The largest absolute Gasteiger partial charge is 0.375 e. The van der Waals surface area contributed by atoms with Gasteiger partial charge in [0, 0.05) is 31.1 Å². The molecule has 2 rings (SSSR count). The predicted octanol–water partition coefficient (Wildman–Crippen LogP) is 1.32. The van der Waals surface area contributed by atoms with E-state index in [9.17, 15) is 4.79 Å². The van der Waals surface area contributed by atoms with E-state index in [-0.39, 0.29) is 12.5 Å². The molecule has 72 valence electrons. The molecular formula is C10H10N2O2. The van der Waals surface area contributed by atoms with Crippen LogP contribution in [0.25, 0.3) is 10.9 Å². The normalized spacial score (nSPS) is 10.6. The molecule has 0 fully saturated rings. The summed E-state index contributed by atoms with van der Waals surface area (Å²) in [5.41, 5.74) is 0.863. The highest BCUT2D eigenvalue weighted by atomic mass is 16.5. The summed E-state index contributed by atoms with van der Waals surface area (Å²) in [6.45, 7) is 0.0894. The van der Waals surface area contributed by atoms with Crippen molar-refractivity contribution in [2.24, 2.45) is 0 Å². The van der Waals surface area contributed by atoms with Crippen LogP contribution in [0.2, 0.25) is 0 Å². The zero-order chi connectivity index (χ0) is 9.97. The molecule has 0 N–H and O–H groups in total. The van der Waals surface area contributed by atoms with Gasteiger partial charge in [0.25, 0.3) is 5.91 Å². The molecule has 0 radical (unpaired) electrons. The number of fused-ring (bicyclic) bond motifs is 1. The van der Waals surface area contributed by atoms with Gasteiger partial charge in [0.15, 0.2) is 0 Å². The first kappa shape index (κ1) is 8.90. The molecular weight excluding hydrogens is 180 g/mol. The molecule has 2 aromatic rings. The minimum Gasteiger partial charge on any atom is -0.375 e. The van der Waals surface area contributed by atoms with Crippen LogP contribution in [0.4, 0.5) is 0 Å². The zero-order valence-electron chi connectivity index (χ0n) is 7.80. The van der Waals surface area contributed by atoms with Gasteiger partial charge in [0.2, 0.25) is 0 Å². The maximum atomic E-state index is 11.5. The molecule has 0 amide bonds. The maximum absolute atomic E-state index is 11.5. The molecule has 0 aliphatic rings. The molecule has 0 saturated heterocycles. The van der Waals surface area contributed by atoms with Crippen LogP contribution in [0.15, 0.2) is 30.7 Å². The van der Waals surface area contributed by atoms with Gasteiger partial charge in [-0.15, -0.1) is 0 Å². The van der Waals surface area contributed by atoms with Crippen molar-refractivity contribution in [3.05, 3.63) is 30.7 Å². The highest BCUT2D eigenvalue weighted by Crippen LogP contribution is 2.13. The number of nitrogens with zero attached hydrogens (tertiary/aromatic N) is 2. The molecule has 0 atom stereocenters. The fraction of sp³-hybridized carbons (Fsp3) is 0.200. The Hall–Kier alpha value is -1.68. The number of carbonyl (C=O) groups excluding carboxylic acids is 1. The number of methoxy groups -OCH3 is 1. The Morgan fingerprint density at radius 1 is 1.57 bits per heavy atom. The van der Waals surface area contributed by atoms with Gasteiger partial charge in [0.1, 0.15) is 6.61 Å². The van der Waals surface area contributed by atoms with E-state index in [1.54, 1.807) is 23.2 Å². The molecule has 0 aliphatic carbocycles. The van der Waals surface area contributed by atoms with Gasteiger partial charge >= 0.3 is 0 Å². The Bertz CT molecular complexity index is 462. The van der Waals surface area contributed by atoms with Crippen molar-refractivity contribution in [3.8, 4) is 0 Å². The zero-order valence-corrected chi connectivity index (χ0v) is 7.80.